The first kappa shape index (κ1) is 13.2. The van der Waals surface area contributed by atoms with E-state index in [2.05, 4.69) is 15.5 Å². The lowest BCUT2D eigenvalue weighted by molar-refractivity contribution is 0.0934. The van der Waals surface area contributed by atoms with Crippen molar-refractivity contribution in [3.63, 3.8) is 0 Å². The van der Waals surface area contributed by atoms with Gasteiger partial charge in [0.1, 0.15) is 0 Å². The van der Waals surface area contributed by atoms with E-state index in [0.717, 1.165) is 0 Å². The second kappa shape index (κ2) is 5.98. The van der Waals surface area contributed by atoms with E-state index in [0.29, 0.717) is 6.42 Å². The van der Waals surface area contributed by atoms with Gasteiger partial charge in [-0.1, -0.05) is 23.2 Å². The van der Waals surface area contributed by atoms with E-state index in [-0.39, 0.29) is 34.4 Å². The minimum absolute atomic E-state index is 0.00176. The lowest BCUT2D eigenvalue weighted by atomic mass is 10.2. The Kier molecular flexibility index (Phi) is 4.92. The van der Waals surface area contributed by atoms with Gasteiger partial charge in [-0.25, -0.2) is 0 Å². The van der Waals surface area contributed by atoms with Crippen molar-refractivity contribution >= 4 is 29.1 Å². The Balaban J connectivity index is 2.76. The first-order valence-electron chi connectivity index (χ1n) is 4.65. The molecule has 1 aromatic heterocycles. The Hall–Kier alpha value is -0.910. The summed E-state index contributed by atoms with van der Waals surface area (Å²) in [5.41, 5.74) is 0.173. The molecule has 88 valence electrons. The number of hydrogen-bond acceptors (Lipinski definition) is 4. The topological polar surface area (TPSA) is 75.1 Å². The van der Waals surface area contributed by atoms with Crippen LogP contribution in [0.3, 0.4) is 0 Å². The van der Waals surface area contributed by atoms with Crippen LogP contribution in [0.15, 0.2) is 6.07 Å². The highest BCUT2D eigenvalue weighted by molar-refractivity contribution is 6.34. The molecule has 0 fully saturated rings. The molecule has 0 spiro atoms. The summed E-state index contributed by atoms with van der Waals surface area (Å²) in [6.45, 7) is 1.78. The Morgan fingerprint density at radius 3 is 2.88 bits per heavy atom. The Bertz CT molecular complexity index is 387. The molecule has 16 heavy (non-hydrogen) atoms. The Labute approximate surface area is 103 Å². The van der Waals surface area contributed by atoms with Gasteiger partial charge >= 0.3 is 0 Å². The molecule has 1 unspecified atom stereocenters. The summed E-state index contributed by atoms with van der Waals surface area (Å²) >= 11 is 11.3. The molecule has 0 saturated carbocycles. The van der Waals surface area contributed by atoms with Gasteiger partial charge in [0, 0.05) is 12.6 Å². The summed E-state index contributed by atoms with van der Waals surface area (Å²) in [4.78, 5) is 11.7. The molecule has 5 nitrogen and oxygen atoms in total. The number of rotatable bonds is 4. The molecule has 0 aliphatic heterocycles. The van der Waals surface area contributed by atoms with Gasteiger partial charge in [0.2, 0.25) is 0 Å². The predicted molar refractivity (Wildman–Crippen MR) is 60.7 cm³/mol. The van der Waals surface area contributed by atoms with Crippen LogP contribution in [0.4, 0.5) is 0 Å². The monoisotopic (exact) mass is 263 g/mol. The van der Waals surface area contributed by atoms with Gasteiger partial charge in [-0.3, -0.25) is 4.79 Å². The number of aromatic nitrogens is 2. The number of carbonyl (C=O) groups is 1. The van der Waals surface area contributed by atoms with Crippen LogP contribution in [0.25, 0.3) is 0 Å². The summed E-state index contributed by atoms with van der Waals surface area (Å²) in [6.07, 6.45) is 0.468. The van der Waals surface area contributed by atoms with E-state index in [4.69, 9.17) is 28.3 Å². The zero-order valence-corrected chi connectivity index (χ0v) is 10.1. The number of carbonyl (C=O) groups excluding carboxylic acids is 1. The van der Waals surface area contributed by atoms with Crippen molar-refractivity contribution in [3.8, 4) is 0 Å². The molecule has 0 radical (unpaired) electrons. The Morgan fingerprint density at radius 2 is 2.25 bits per heavy atom. The zero-order chi connectivity index (χ0) is 12.1. The maximum absolute atomic E-state index is 11.7. The van der Waals surface area contributed by atoms with Crippen molar-refractivity contribution in [2.24, 2.45) is 0 Å². The molecular weight excluding hydrogens is 253 g/mol. The smallest absolute Gasteiger partial charge is 0.254 e. The molecule has 2 N–H and O–H groups in total. The van der Waals surface area contributed by atoms with Crippen molar-refractivity contribution in [2.75, 3.05) is 6.61 Å². The zero-order valence-electron chi connectivity index (χ0n) is 8.57. The van der Waals surface area contributed by atoms with Crippen LogP contribution in [0.2, 0.25) is 10.3 Å². The number of nitrogens with one attached hydrogen (secondary N) is 1. The van der Waals surface area contributed by atoms with Gasteiger partial charge in [-0.05, 0) is 19.4 Å². The summed E-state index contributed by atoms with van der Waals surface area (Å²) in [6, 6.07) is 1.19. The lowest BCUT2D eigenvalue weighted by Gasteiger charge is -2.12. The lowest BCUT2D eigenvalue weighted by Crippen LogP contribution is -2.33. The molecule has 0 aromatic carbocycles. The number of halogens is 2. The average molecular weight is 264 g/mol. The van der Waals surface area contributed by atoms with Crippen LogP contribution in [0, 0.1) is 0 Å². The van der Waals surface area contributed by atoms with E-state index in [1.807, 2.05) is 0 Å². The predicted octanol–water partition coefficient (Wildman–Crippen LogP) is 1.28. The van der Waals surface area contributed by atoms with Gasteiger partial charge in [-0.2, -0.15) is 0 Å². The fraction of sp³-hybridized carbons (Fsp3) is 0.444. The van der Waals surface area contributed by atoms with Crippen molar-refractivity contribution in [3.05, 3.63) is 21.9 Å². The quantitative estimate of drug-likeness (QED) is 0.859. The fourth-order valence-electron chi connectivity index (χ4n) is 1.08. The summed E-state index contributed by atoms with van der Waals surface area (Å²) in [7, 11) is 0. The first-order chi connectivity index (χ1) is 7.54. The van der Waals surface area contributed by atoms with Crippen LogP contribution in [0.5, 0.6) is 0 Å². The molecular formula is C9H11Cl2N3O2. The third kappa shape index (κ3) is 3.59. The average Bonchev–Trinajstić information content (AvgIpc) is 2.21. The van der Waals surface area contributed by atoms with E-state index < -0.39 is 0 Å². The van der Waals surface area contributed by atoms with Crippen LogP contribution < -0.4 is 5.32 Å². The van der Waals surface area contributed by atoms with E-state index in [1.54, 1.807) is 6.92 Å². The number of nitrogens with zero attached hydrogens (tertiary/aromatic N) is 2. The van der Waals surface area contributed by atoms with Gasteiger partial charge in [-0.15, -0.1) is 10.2 Å². The van der Waals surface area contributed by atoms with E-state index in [1.165, 1.54) is 6.07 Å². The molecule has 0 aliphatic rings. The van der Waals surface area contributed by atoms with Gasteiger partial charge in [0.15, 0.2) is 10.3 Å². The first-order valence-corrected chi connectivity index (χ1v) is 5.40. The molecule has 1 heterocycles. The SMILES string of the molecule is CC(CCO)NC(=O)c1cc(Cl)nnc1Cl. The molecule has 1 rings (SSSR count). The number of amides is 1. The third-order valence-electron chi connectivity index (χ3n) is 1.90. The van der Waals surface area contributed by atoms with Gasteiger partial charge in [0.05, 0.1) is 5.56 Å². The molecule has 1 aromatic rings. The highest BCUT2D eigenvalue weighted by atomic mass is 35.5. The van der Waals surface area contributed by atoms with Crippen molar-refractivity contribution in [2.45, 2.75) is 19.4 Å². The number of aliphatic hydroxyl groups is 1. The molecule has 0 aliphatic carbocycles. The van der Waals surface area contributed by atoms with Crippen molar-refractivity contribution < 1.29 is 9.90 Å². The largest absolute Gasteiger partial charge is 0.396 e. The molecule has 0 saturated heterocycles. The number of hydrogen-bond donors (Lipinski definition) is 2. The maximum atomic E-state index is 11.7. The molecule has 7 heteroatoms. The fourth-order valence-corrected chi connectivity index (χ4v) is 1.40. The highest BCUT2D eigenvalue weighted by Gasteiger charge is 2.14. The van der Waals surface area contributed by atoms with E-state index >= 15 is 0 Å². The molecule has 1 atom stereocenters. The highest BCUT2D eigenvalue weighted by Crippen LogP contribution is 2.15. The summed E-state index contributed by atoms with van der Waals surface area (Å²) < 4.78 is 0. The van der Waals surface area contributed by atoms with Crippen molar-refractivity contribution in [1.82, 2.24) is 15.5 Å². The van der Waals surface area contributed by atoms with E-state index in [9.17, 15) is 4.79 Å². The third-order valence-corrected chi connectivity index (χ3v) is 2.37. The van der Waals surface area contributed by atoms with Crippen LogP contribution >= 0.6 is 23.2 Å². The normalized spacial score (nSPS) is 12.2. The van der Waals surface area contributed by atoms with Gasteiger partial charge < -0.3 is 10.4 Å². The second-order valence-electron chi connectivity index (χ2n) is 3.26. The summed E-state index contributed by atoms with van der Waals surface area (Å²) in [5.74, 6) is -0.386. The van der Waals surface area contributed by atoms with Crippen molar-refractivity contribution in [1.29, 1.82) is 0 Å². The molecule has 0 bridgehead atoms. The van der Waals surface area contributed by atoms with Gasteiger partial charge in [0.25, 0.3) is 5.91 Å². The minimum Gasteiger partial charge on any atom is -0.396 e. The number of aliphatic hydroxyl groups excluding tert-OH is 1. The maximum Gasteiger partial charge on any atom is 0.254 e. The van der Waals surface area contributed by atoms with Crippen LogP contribution in [0.1, 0.15) is 23.7 Å². The van der Waals surface area contributed by atoms with Crippen LogP contribution in [-0.2, 0) is 0 Å². The second-order valence-corrected chi connectivity index (χ2v) is 4.00. The minimum atomic E-state index is -0.386. The molecule has 1 amide bonds. The summed E-state index contributed by atoms with van der Waals surface area (Å²) in [5, 5.41) is 18.5. The van der Waals surface area contributed by atoms with Crippen LogP contribution in [-0.4, -0.2) is 33.9 Å². The standard InChI is InChI=1S/C9H11Cl2N3O2/c1-5(2-3-15)12-9(16)6-4-7(10)13-14-8(6)11/h4-5,15H,2-3H2,1H3,(H,12,16). The Morgan fingerprint density at radius 1 is 1.56 bits per heavy atom.